The Morgan fingerprint density at radius 1 is 1.32 bits per heavy atom. The SMILES string of the molecule is COc1ccc2ccnc(NCCC3CCC3)c2c1. The summed E-state index contributed by atoms with van der Waals surface area (Å²) in [5.41, 5.74) is 0. The number of nitrogens with one attached hydrogen (secondary N) is 1. The minimum Gasteiger partial charge on any atom is -0.497 e. The number of hydrogen-bond donors (Lipinski definition) is 1. The Bertz CT molecular complexity index is 564. The Morgan fingerprint density at radius 2 is 2.21 bits per heavy atom. The second kappa shape index (κ2) is 5.47. The van der Waals surface area contributed by atoms with Crippen molar-refractivity contribution >= 4 is 16.6 Å². The van der Waals surface area contributed by atoms with E-state index >= 15 is 0 Å². The van der Waals surface area contributed by atoms with Gasteiger partial charge in [-0.3, -0.25) is 0 Å². The maximum absolute atomic E-state index is 5.29. The number of benzene rings is 1. The molecule has 0 saturated heterocycles. The first-order valence-corrected chi connectivity index (χ1v) is 7.03. The van der Waals surface area contributed by atoms with Crippen LogP contribution in [0.5, 0.6) is 5.75 Å². The fourth-order valence-corrected chi connectivity index (χ4v) is 2.59. The summed E-state index contributed by atoms with van der Waals surface area (Å²) in [6, 6.07) is 8.15. The summed E-state index contributed by atoms with van der Waals surface area (Å²) in [5.74, 6) is 2.77. The van der Waals surface area contributed by atoms with Gasteiger partial charge in [0.15, 0.2) is 0 Å². The summed E-state index contributed by atoms with van der Waals surface area (Å²) in [5, 5.41) is 5.80. The van der Waals surface area contributed by atoms with Crippen LogP contribution in [0.25, 0.3) is 10.8 Å². The first-order chi connectivity index (χ1) is 9.36. The molecule has 1 fully saturated rings. The lowest BCUT2D eigenvalue weighted by atomic mass is 9.83. The Labute approximate surface area is 114 Å². The monoisotopic (exact) mass is 256 g/mol. The molecule has 1 aromatic carbocycles. The van der Waals surface area contributed by atoms with Crippen LogP contribution in [0.3, 0.4) is 0 Å². The molecule has 1 aliphatic carbocycles. The summed E-state index contributed by atoms with van der Waals surface area (Å²) in [6.45, 7) is 1.01. The van der Waals surface area contributed by atoms with Crippen molar-refractivity contribution < 1.29 is 4.74 Å². The molecule has 1 aliphatic rings. The quantitative estimate of drug-likeness (QED) is 0.882. The number of methoxy groups -OCH3 is 1. The molecule has 0 spiro atoms. The third kappa shape index (κ3) is 2.65. The fourth-order valence-electron chi connectivity index (χ4n) is 2.59. The van der Waals surface area contributed by atoms with E-state index in [1.807, 2.05) is 24.4 Å². The summed E-state index contributed by atoms with van der Waals surface area (Å²) in [6.07, 6.45) is 7.33. The molecular formula is C16H20N2O. The van der Waals surface area contributed by atoms with Crippen LogP contribution in [0.4, 0.5) is 5.82 Å². The number of nitrogens with zero attached hydrogens (tertiary/aromatic N) is 1. The largest absolute Gasteiger partial charge is 0.497 e. The lowest BCUT2D eigenvalue weighted by molar-refractivity contribution is 0.303. The van der Waals surface area contributed by atoms with E-state index in [2.05, 4.69) is 16.4 Å². The van der Waals surface area contributed by atoms with Gasteiger partial charge < -0.3 is 10.1 Å². The number of hydrogen-bond acceptors (Lipinski definition) is 3. The minimum atomic E-state index is 0.877. The van der Waals surface area contributed by atoms with E-state index in [-0.39, 0.29) is 0 Å². The predicted molar refractivity (Wildman–Crippen MR) is 78.7 cm³/mol. The van der Waals surface area contributed by atoms with Crippen molar-refractivity contribution in [3.8, 4) is 5.75 Å². The third-order valence-corrected chi connectivity index (χ3v) is 4.04. The van der Waals surface area contributed by atoms with E-state index in [0.717, 1.165) is 29.4 Å². The molecule has 0 radical (unpaired) electrons. The van der Waals surface area contributed by atoms with Gasteiger partial charge >= 0.3 is 0 Å². The number of anilines is 1. The summed E-state index contributed by atoms with van der Waals surface area (Å²) in [4.78, 5) is 4.46. The van der Waals surface area contributed by atoms with Crippen molar-refractivity contribution in [2.45, 2.75) is 25.7 Å². The smallest absolute Gasteiger partial charge is 0.133 e. The highest BCUT2D eigenvalue weighted by atomic mass is 16.5. The van der Waals surface area contributed by atoms with Gasteiger partial charge in [0.2, 0.25) is 0 Å². The third-order valence-electron chi connectivity index (χ3n) is 4.04. The van der Waals surface area contributed by atoms with Gasteiger partial charge in [0.1, 0.15) is 11.6 Å². The van der Waals surface area contributed by atoms with Crippen molar-refractivity contribution in [3.05, 3.63) is 30.5 Å². The molecule has 3 rings (SSSR count). The average molecular weight is 256 g/mol. The second-order valence-electron chi connectivity index (χ2n) is 5.26. The van der Waals surface area contributed by atoms with Crippen LogP contribution in [0.2, 0.25) is 0 Å². The number of fused-ring (bicyclic) bond motifs is 1. The molecule has 0 amide bonds. The van der Waals surface area contributed by atoms with Gasteiger partial charge in [0.05, 0.1) is 7.11 Å². The van der Waals surface area contributed by atoms with Crippen LogP contribution in [-0.4, -0.2) is 18.6 Å². The van der Waals surface area contributed by atoms with Gasteiger partial charge in [-0.2, -0.15) is 0 Å². The molecule has 0 aliphatic heterocycles. The number of pyridine rings is 1. The molecule has 19 heavy (non-hydrogen) atoms. The molecular weight excluding hydrogens is 236 g/mol. The van der Waals surface area contributed by atoms with Crippen molar-refractivity contribution in [1.29, 1.82) is 0 Å². The van der Waals surface area contributed by atoms with Gasteiger partial charge in [-0.15, -0.1) is 0 Å². The zero-order valence-electron chi connectivity index (χ0n) is 11.4. The van der Waals surface area contributed by atoms with Crippen molar-refractivity contribution in [2.75, 3.05) is 19.0 Å². The van der Waals surface area contributed by atoms with Crippen LogP contribution in [0, 0.1) is 5.92 Å². The van der Waals surface area contributed by atoms with E-state index < -0.39 is 0 Å². The normalized spacial score (nSPS) is 15.2. The Balaban J connectivity index is 1.76. The summed E-state index contributed by atoms with van der Waals surface area (Å²) < 4.78 is 5.29. The molecule has 3 nitrogen and oxygen atoms in total. The van der Waals surface area contributed by atoms with Crippen molar-refractivity contribution in [1.82, 2.24) is 4.98 Å². The predicted octanol–water partition coefficient (Wildman–Crippen LogP) is 3.85. The first-order valence-electron chi connectivity index (χ1n) is 7.03. The highest BCUT2D eigenvalue weighted by Gasteiger charge is 2.16. The highest BCUT2D eigenvalue weighted by molar-refractivity contribution is 5.92. The zero-order valence-corrected chi connectivity index (χ0v) is 11.4. The van der Waals surface area contributed by atoms with Crippen molar-refractivity contribution in [3.63, 3.8) is 0 Å². The number of rotatable bonds is 5. The average Bonchev–Trinajstić information content (AvgIpc) is 2.41. The Kier molecular flexibility index (Phi) is 3.53. The molecule has 100 valence electrons. The van der Waals surface area contributed by atoms with E-state index in [4.69, 9.17) is 4.74 Å². The molecule has 1 aromatic heterocycles. The minimum absolute atomic E-state index is 0.877. The molecule has 2 aromatic rings. The van der Waals surface area contributed by atoms with Crippen LogP contribution in [0.1, 0.15) is 25.7 Å². The fraction of sp³-hybridized carbons (Fsp3) is 0.438. The van der Waals surface area contributed by atoms with Gasteiger partial charge in [0.25, 0.3) is 0 Å². The summed E-state index contributed by atoms with van der Waals surface area (Å²) in [7, 11) is 1.70. The van der Waals surface area contributed by atoms with E-state index in [1.165, 1.54) is 31.1 Å². The topological polar surface area (TPSA) is 34.1 Å². The van der Waals surface area contributed by atoms with Crippen LogP contribution < -0.4 is 10.1 Å². The molecule has 1 N–H and O–H groups in total. The van der Waals surface area contributed by atoms with E-state index in [9.17, 15) is 0 Å². The lowest BCUT2D eigenvalue weighted by Crippen LogP contribution is -2.16. The Hall–Kier alpha value is -1.77. The maximum atomic E-state index is 5.29. The molecule has 1 heterocycles. The van der Waals surface area contributed by atoms with Crippen LogP contribution in [0.15, 0.2) is 30.5 Å². The van der Waals surface area contributed by atoms with Crippen molar-refractivity contribution in [2.24, 2.45) is 5.92 Å². The number of aromatic nitrogens is 1. The number of ether oxygens (including phenoxy) is 1. The highest BCUT2D eigenvalue weighted by Crippen LogP contribution is 2.30. The Morgan fingerprint density at radius 3 is 2.95 bits per heavy atom. The standard InChI is InChI=1S/C16H20N2O/c1-19-14-6-5-13-8-10-18-16(15(13)11-14)17-9-7-12-3-2-4-12/h5-6,8,10-12H,2-4,7,9H2,1H3,(H,17,18). The zero-order chi connectivity index (χ0) is 13.1. The lowest BCUT2D eigenvalue weighted by Gasteiger charge is -2.25. The van der Waals surface area contributed by atoms with Gasteiger partial charge in [-0.25, -0.2) is 4.98 Å². The van der Waals surface area contributed by atoms with Gasteiger partial charge in [-0.1, -0.05) is 25.3 Å². The molecule has 1 saturated carbocycles. The van der Waals surface area contributed by atoms with Crippen LogP contribution in [-0.2, 0) is 0 Å². The molecule has 0 bridgehead atoms. The summed E-state index contributed by atoms with van der Waals surface area (Å²) >= 11 is 0. The second-order valence-corrected chi connectivity index (χ2v) is 5.26. The molecule has 3 heteroatoms. The van der Waals surface area contributed by atoms with Gasteiger partial charge in [-0.05, 0) is 35.9 Å². The molecule has 0 atom stereocenters. The first kappa shape index (κ1) is 12.3. The maximum Gasteiger partial charge on any atom is 0.133 e. The van der Waals surface area contributed by atoms with Crippen LogP contribution >= 0.6 is 0 Å². The molecule has 0 unspecified atom stereocenters. The van der Waals surface area contributed by atoms with Gasteiger partial charge in [0, 0.05) is 18.1 Å². The van der Waals surface area contributed by atoms with E-state index in [1.54, 1.807) is 7.11 Å². The van der Waals surface area contributed by atoms with E-state index in [0.29, 0.717) is 0 Å².